The molecule has 0 aromatic carbocycles. The van der Waals surface area contributed by atoms with E-state index in [0.29, 0.717) is 21.0 Å². The fraction of sp³-hybridized carbons (Fsp3) is 0. The second kappa shape index (κ2) is 4.78. The zero-order valence-electron chi connectivity index (χ0n) is 7.78. The molecule has 0 saturated heterocycles. The lowest BCUT2D eigenvalue weighted by atomic mass is 10.4. The van der Waals surface area contributed by atoms with E-state index in [2.05, 4.69) is 15.3 Å². The molecule has 16 heavy (non-hydrogen) atoms. The zero-order chi connectivity index (χ0) is 11.5. The van der Waals surface area contributed by atoms with E-state index in [1.807, 2.05) is 0 Å². The summed E-state index contributed by atoms with van der Waals surface area (Å²) in [6.07, 6.45) is 1.47. The van der Waals surface area contributed by atoms with E-state index >= 15 is 0 Å². The van der Waals surface area contributed by atoms with Gasteiger partial charge in [0.25, 0.3) is 5.91 Å². The Hall–Kier alpha value is -1.17. The lowest BCUT2D eigenvalue weighted by molar-refractivity contribution is 0.102. The molecule has 0 aliphatic heterocycles. The van der Waals surface area contributed by atoms with Crippen LogP contribution in [-0.2, 0) is 0 Å². The standard InChI is InChI=1S/C9H5Cl2N3OS/c10-6-2-1-5(3-12-6)13-8(15)9-14-7(11)4-16-9/h1-4H,(H,13,15). The highest BCUT2D eigenvalue weighted by atomic mass is 35.5. The molecular formula is C9H5Cl2N3OS. The molecule has 7 heteroatoms. The Balaban J connectivity index is 2.10. The highest BCUT2D eigenvalue weighted by Gasteiger charge is 2.10. The topological polar surface area (TPSA) is 54.9 Å². The van der Waals surface area contributed by atoms with E-state index in [0.717, 1.165) is 0 Å². The van der Waals surface area contributed by atoms with Gasteiger partial charge in [-0.25, -0.2) is 9.97 Å². The molecule has 2 aromatic rings. The number of hydrogen-bond acceptors (Lipinski definition) is 4. The third-order valence-electron chi connectivity index (χ3n) is 1.66. The fourth-order valence-electron chi connectivity index (χ4n) is 0.993. The van der Waals surface area contributed by atoms with E-state index < -0.39 is 0 Å². The van der Waals surface area contributed by atoms with Crippen molar-refractivity contribution in [2.24, 2.45) is 0 Å². The molecule has 0 spiro atoms. The number of amides is 1. The lowest BCUT2D eigenvalue weighted by Gasteiger charge is -2.01. The molecule has 0 saturated carbocycles. The van der Waals surface area contributed by atoms with Gasteiger partial charge in [0, 0.05) is 5.38 Å². The van der Waals surface area contributed by atoms with Crippen molar-refractivity contribution in [2.45, 2.75) is 0 Å². The van der Waals surface area contributed by atoms with Crippen molar-refractivity contribution in [3.8, 4) is 0 Å². The van der Waals surface area contributed by atoms with Gasteiger partial charge in [0.15, 0.2) is 5.01 Å². The SMILES string of the molecule is O=C(Nc1ccc(Cl)nc1)c1nc(Cl)cs1. The molecule has 0 fully saturated rings. The summed E-state index contributed by atoms with van der Waals surface area (Å²) in [6, 6.07) is 3.24. The van der Waals surface area contributed by atoms with Crippen molar-refractivity contribution in [3.05, 3.63) is 39.0 Å². The summed E-state index contributed by atoms with van der Waals surface area (Å²) in [5, 5.41) is 5.21. The van der Waals surface area contributed by atoms with Gasteiger partial charge in [-0.3, -0.25) is 4.79 Å². The number of aromatic nitrogens is 2. The number of carbonyl (C=O) groups excluding carboxylic acids is 1. The molecule has 0 aliphatic carbocycles. The number of hydrogen-bond donors (Lipinski definition) is 1. The van der Waals surface area contributed by atoms with Crippen LogP contribution in [0.3, 0.4) is 0 Å². The molecule has 0 aliphatic rings. The van der Waals surface area contributed by atoms with Crippen molar-refractivity contribution >= 4 is 46.1 Å². The molecule has 82 valence electrons. The predicted octanol–water partition coefficient (Wildman–Crippen LogP) is 3.10. The minimum Gasteiger partial charge on any atom is -0.319 e. The van der Waals surface area contributed by atoms with Crippen LogP contribution in [0.4, 0.5) is 5.69 Å². The number of thiazole rings is 1. The number of rotatable bonds is 2. The Morgan fingerprint density at radius 1 is 1.31 bits per heavy atom. The molecular weight excluding hydrogens is 269 g/mol. The van der Waals surface area contributed by atoms with E-state index in [1.54, 1.807) is 17.5 Å². The molecule has 1 amide bonds. The van der Waals surface area contributed by atoms with Crippen LogP contribution in [0, 0.1) is 0 Å². The van der Waals surface area contributed by atoms with Crippen molar-refractivity contribution in [3.63, 3.8) is 0 Å². The normalized spacial score (nSPS) is 10.1. The molecule has 0 unspecified atom stereocenters. The maximum Gasteiger partial charge on any atom is 0.284 e. The van der Waals surface area contributed by atoms with E-state index in [9.17, 15) is 4.79 Å². The molecule has 2 heterocycles. The van der Waals surface area contributed by atoms with Gasteiger partial charge in [-0.05, 0) is 12.1 Å². The second-order valence-electron chi connectivity index (χ2n) is 2.80. The van der Waals surface area contributed by atoms with Gasteiger partial charge in [-0.2, -0.15) is 0 Å². The lowest BCUT2D eigenvalue weighted by Crippen LogP contribution is -2.11. The van der Waals surface area contributed by atoms with Gasteiger partial charge in [-0.15, -0.1) is 11.3 Å². The summed E-state index contributed by atoms with van der Waals surface area (Å²) in [5.74, 6) is -0.318. The predicted molar refractivity (Wildman–Crippen MR) is 64.3 cm³/mol. The minimum atomic E-state index is -0.318. The van der Waals surface area contributed by atoms with Crippen molar-refractivity contribution in [1.82, 2.24) is 9.97 Å². The van der Waals surface area contributed by atoms with Gasteiger partial charge < -0.3 is 5.32 Å². The average Bonchev–Trinajstić information content (AvgIpc) is 2.68. The number of anilines is 1. The summed E-state index contributed by atoms with van der Waals surface area (Å²) in [7, 11) is 0. The van der Waals surface area contributed by atoms with Crippen LogP contribution >= 0.6 is 34.5 Å². The third kappa shape index (κ3) is 2.69. The van der Waals surface area contributed by atoms with Crippen molar-refractivity contribution in [2.75, 3.05) is 5.32 Å². The van der Waals surface area contributed by atoms with Crippen LogP contribution < -0.4 is 5.32 Å². The highest BCUT2D eigenvalue weighted by molar-refractivity contribution is 7.12. The van der Waals surface area contributed by atoms with Gasteiger partial charge in [0.1, 0.15) is 10.3 Å². The number of carbonyl (C=O) groups is 1. The van der Waals surface area contributed by atoms with Gasteiger partial charge in [0.2, 0.25) is 0 Å². The first-order chi connectivity index (χ1) is 7.65. The summed E-state index contributed by atoms with van der Waals surface area (Å²) in [5.41, 5.74) is 0.556. The highest BCUT2D eigenvalue weighted by Crippen LogP contribution is 2.16. The van der Waals surface area contributed by atoms with Crippen LogP contribution in [0.15, 0.2) is 23.7 Å². The number of halogens is 2. The van der Waals surface area contributed by atoms with Crippen LogP contribution in [0.5, 0.6) is 0 Å². The molecule has 0 bridgehead atoms. The molecule has 2 rings (SSSR count). The quantitative estimate of drug-likeness (QED) is 0.856. The Labute approximate surface area is 105 Å². The average molecular weight is 274 g/mol. The smallest absolute Gasteiger partial charge is 0.284 e. The summed E-state index contributed by atoms with van der Waals surface area (Å²) in [4.78, 5) is 19.3. The monoisotopic (exact) mass is 273 g/mol. The van der Waals surface area contributed by atoms with Gasteiger partial charge in [-0.1, -0.05) is 23.2 Å². The first-order valence-corrected chi connectivity index (χ1v) is 5.82. The largest absolute Gasteiger partial charge is 0.319 e. The minimum absolute atomic E-state index is 0.306. The molecule has 1 N–H and O–H groups in total. The van der Waals surface area contributed by atoms with Crippen LogP contribution in [0.2, 0.25) is 10.3 Å². The van der Waals surface area contributed by atoms with Crippen LogP contribution in [0.25, 0.3) is 0 Å². The fourth-order valence-corrected chi connectivity index (χ4v) is 1.94. The summed E-state index contributed by atoms with van der Waals surface area (Å²) in [6.45, 7) is 0. The molecule has 4 nitrogen and oxygen atoms in total. The maximum absolute atomic E-state index is 11.6. The Morgan fingerprint density at radius 3 is 2.69 bits per heavy atom. The summed E-state index contributed by atoms with van der Waals surface area (Å²) >= 11 is 12.4. The zero-order valence-corrected chi connectivity index (χ0v) is 10.1. The second-order valence-corrected chi connectivity index (χ2v) is 4.43. The van der Waals surface area contributed by atoms with E-state index in [-0.39, 0.29) is 5.91 Å². The van der Waals surface area contributed by atoms with Crippen LogP contribution in [-0.4, -0.2) is 15.9 Å². The number of nitrogens with one attached hydrogen (secondary N) is 1. The Morgan fingerprint density at radius 2 is 2.12 bits per heavy atom. The molecule has 0 radical (unpaired) electrons. The van der Waals surface area contributed by atoms with Crippen LogP contribution in [0.1, 0.15) is 9.80 Å². The third-order valence-corrected chi connectivity index (χ3v) is 3.04. The Kier molecular flexibility index (Phi) is 3.38. The van der Waals surface area contributed by atoms with E-state index in [4.69, 9.17) is 23.2 Å². The molecule has 0 atom stereocenters. The maximum atomic E-state index is 11.6. The van der Waals surface area contributed by atoms with Crippen molar-refractivity contribution in [1.29, 1.82) is 0 Å². The summed E-state index contributed by atoms with van der Waals surface area (Å²) < 4.78 is 0. The van der Waals surface area contributed by atoms with Gasteiger partial charge >= 0.3 is 0 Å². The van der Waals surface area contributed by atoms with Crippen molar-refractivity contribution < 1.29 is 4.79 Å². The van der Waals surface area contributed by atoms with E-state index in [1.165, 1.54) is 17.5 Å². The van der Waals surface area contributed by atoms with Gasteiger partial charge in [0.05, 0.1) is 11.9 Å². The number of nitrogens with zero attached hydrogens (tertiary/aromatic N) is 2. The number of pyridine rings is 1. The Bertz CT molecular complexity index is 512. The first kappa shape index (κ1) is 11.3. The first-order valence-electron chi connectivity index (χ1n) is 4.19. The molecule has 2 aromatic heterocycles.